The van der Waals surface area contributed by atoms with E-state index in [1.807, 2.05) is 0 Å². The fourth-order valence-corrected chi connectivity index (χ4v) is 1.57. The van der Waals surface area contributed by atoms with Gasteiger partial charge in [-0.25, -0.2) is 4.79 Å². The second-order valence-corrected chi connectivity index (χ2v) is 5.01. The summed E-state index contributed by atoms with van der Waals surface area (Å²) in [7, 11) is 0. The minimum atomic E-state index is -0.505. The molecule has 0 fully saturated rings. The van der Waals surface area contributed by atoms with E-state index >= 15 is 0 Å². The number of anilines is 1. The van der Waals surface area contributed by atoms with E-state index in [0.717, 1.165) is 6.42 Å². The number of nitrogens with one attached hydrogen (secondary N) is 2. The monoisotopic (exact) mass is 295 g/mol. The molecule has 1 rings (SSSR count). The van der Waals surface area contributed by atoms with Crippen LogP contribution in [0, 0.1) is 16.0 Å². The van der Waals surface area contributed by atoms with E-state index in [-0.39, 0.29) is 11.7 Å². The lowest BCUT2D eigenvalue weighted by molar-refractivity contribution is -0.384. The zero-order valence-corrected chi connectivity index (χ0v) is 12.3. The Morgan fingerprint density at radius 3 is 2.86 bits per heavy atom. The van der Waals surface area contributed by atoms with Crippen LogP contribution in [0.5, 0.6) is 0 Å². The van der Waals surface area contributed by atoms with Gasteiger partial charge in [0.25, 0.3) is 5.69 Å². The van der Waals surface area contributed by atoms with Gasteiger partial charge in [0.2, 0.25) is 0 Å². The van der Waals surface area contributed by atoms with Crippen molar-refractivity contribution in [3.8, 4) is 0 Å². The summed E-state index contributed by atoms with van der Waals surface area (Å²) in [6, 6.07) is 5.41. The molecule has 2 amide bonds. The molecule has 0 saturated heterocycles. The topological polar surface area (TPSA) is 93.5 Å². The number of non-ortho nitro benzene ring substituents is 1. The predicted octanol–water partition coefficient (Wildman–Crippen LogP) is 2.78. The molecule has 7 heteroatoms. The first-order valence-electron chi connectivity index (χ1n) is 6.86. The van der Waals surface area contributed by atoms with Gasteiger partial charge in [-0.05, 0) is 18.4 Å². The van der Waals surface area contributed by atoms with E-state index in [1.165, 1.54) is 18.2 Å². The average Bonchev–Trinajstić information content (AvgIpc) is 2.42. The minimum Gasteiger partial charge on any atom is -0.381 e. The number of nitrogens with zero attached hydrogens (tertiary/aromatic N) is 1. The Morgan fingerprint density at radius 1 is 1.43 bits per heavy atom. The Bertz CT molecular complexity index is 477. The van der Waals surface area contributed by atoms with Gasteiger partial charge in [-0.15, -0.1) is 0 Å². The van der Waals surface area contributed by atoms with Gasteiger partial charge in [-0.3, -0.25) is 10.1 Å². The van der Waals surface area contributed by atoms with Gasteiger partial charge in [0.05, 0.1) is 4.92 Å². The van der Waals surface area contributed by atoms with Gasteiger partial charge >= 0.3 is 6.03 Å². The Kier molecular flexibility index (Phi) is 7.17. The summed E-state index contributed by atoms with van der Waals surface area (Å²) in [6.45, 7) is 5.93. The lowest BCUT2D eigenvalue weighted by Crippen LogP contribution is -2.30. The number of rotatable bonds is 8. The highest BCUT2D eigenvalue weighted by Gasteiger charge is 2.07. The highest BCUT2D eigenvalue weighted by atomic mass is 16.6. The summed E-state index contributed by atoms with van der Waals surface area (Å²) in [5.41, 5.74) is 0.327. The van der Waals surface area contributed by atoms with Crippen molar-refractivity contribution in [1.29, 1.82) is 0 Å². The van der Waals surface area contributed by atoms with Crippen LogP contribution in [0.25, 0.3) is 0 Å². The van der Waals surface area contributed by atoms with Gasteiger partial charge in [0.1, 0.15) is 0 Å². The number of ether oxygens (including phenoxy) is 1. The molecule has 0 bridgehead atoms. The van der Waals surface area contributed by atoms with Crippen LogP contribution in [0.3, 0.4) is 0 Å². The maximum Gasteiger partial charge on any atom is 0.319 e. The van der Waals surface area contributed by atoms with Gasteiger partial charge < -0.3 is 15.4 Å². The quantitative estimate of drug-likeness (QED) is 0.438. The normalized spacial score (nSPS) is 10.4. The van der Waals surface area contributed by atoms with Gasteiger partial charge in [-0.2, -0.15) is 0 Å². The van der Waals surface area contributed by atoms with Crippen molar-refractivity contribution < 1.29 is 14.5 Å². The lowest BCUT2D eigenvalue weighted by Gasteiger charge is -2.09. The Labute approximate surface area is 123 Å². The maximum absolute atomic E-state index is 11.6. The number of carbonyl (C=O) groups is 1. The van der Waals surface area contributed by atoms with E-state index in [2.05, 4.69) is 24.5 Å². The molecule has 0 aliphatic heterocycles. The Morgan fingerprint density at radius 2 is 2.19 bits per heavy atom. The van der Waals surface area contributed by atoms with Gasteiger partial charge in [0, 0.05) is 37.6 Å². The molecule has 116 valence electrons. The molecule has 0 saturated carbocycles. The average molecular weight is 295 g/mol. The summed E-state index contributed by atoms with van der Waals surface area (Å²) < 4.78 is 5.39. The minimum absolute atomic E-state index is 0.0603. The first-order chi connectivity index (χ1) is 9.99. The second-order valence-electron chi connectivity index (χ2n) is 5.01. The summed E-state index contributed by atoms with van der Waals surface area (Å²) >= 11 is 0. The number of nitro benzene ring substituents is 1. The molecular weight excluding hydrogens is 274 g/mol. The number of urea groups is 1. The molecule has 0 aliphatic carbocycles. The van der Waals surface area contributed by atoms with E-state index in [0.29, 0.717) is 31.4 Å². The third-order valence-electron chi connectivity index (χ3n) is 2.52. The molecule has 0 heterocycles. The molecule has 0 aliphatic rings. The molecule has 1 aromatic rings. The summed E-state index contributed by atoms with van der Waals surface area (Å²) in [4.78, 5) is 21.7. The van der Waals surface area contributed by atoms with Crippen molar-refractivity contribution in [3.05, 3.63) is 34.4 Å². The van der Waals surface area contributed by atoms with Crippen molar-refractivity contribution in [3.63, 3.8) is 0 Å². The number of nitro groups is 1. The molecule has 0 unspecified atom stereocenters. The first kappa shape index (κ1) is 16.9. The summed E-state index contributed by atoms with van der Waals surface area (Å²) in [6.07, 6.45) is 0.717. The zero-order chi connectivity index (χ0) is 15.7. The van der Waals surface area contributed by atoms with Crippen molar-refractivity contribution in [2.45, 2.75) is 20.3 Å². The van der Waals surface area contributed by atoms with Crippen molar-refractivity contribution >= 4 is 17.4 Å². The second kappa shape index (κ2) is 8.91. The van der Waals surface area contributed by atoms with Crippen LogP contribution in [0.2, 0.25) is 0 Å². The highest BCUT2D eigenvalue weighted by molar-refractivity contribution is 5.89. The fraction of sp³-hybridized carbons (Fsp3) is 0.500. The third kappa shape index (κ3) is 7.26. The summed E-state index contributed by atoms with van der Waals surface area (Å²) in [5, 5.41) is 15.8. The Balaban J connectivity index is 2.24. The number of benzene rings is 1. The van der Waals surface area contributed by atoms with Crippen LogP contribution < -0.4 is 10.6 Å². The molecule has 0 atom stereocenters. The lowest BCUT2D eigenvalue weighted by atomic mass is 10.2. The van der Waals surface area contributed by atoms with Gasteiger partial charge in [-0.1, -0.05) is 19.9 Å². The fourth-order valence-electron chi connectivity index (χ4n) is 1.57. The van der Waals surface area contributed by atoms with E-state index < -0.39 is 4.92 Å². The number of hydrogen-bond donors (Lipinski definition) is 2. The maximum atomic E-state index is 11.6. The van der Waals surface area contributed by atoms with Crippen LogP contribution in [0.1, 0.15) is 20.3 Å². The van der Waals surface area contributed by atoms with Crippen molar-refractivity contribution in [1.82, 2.24) is 5.32 Å². The van der Waals surface area contributed by atoms with E-state index in [1.54, 1.807) is 6.07 Å². The molecule has 0 spiro atoms. The standard InChI is InChI=1S/C14H21N3O4/c1-11(2)10-21-8-4-7-15-14(18)16-12-5-3-6-13(9-12)17(19)20/h3,5-6,9,11H,4,7-8,10H2,1-2H3,(H2,15,16,18). The molecule has 2 N–H and O–H groups in total. The van der Waals surface area contributed by atoms with Crippen LogP contribution in [0.4, 0.5) is 16.2 Å². The molecular formula is C14H21N3O4. The van der Waals surface area contributed by atoms with Crippen LogP contribution >= 0.6 is 0 Å². The molecule has 1 aromatic carbocycles. The van der Waals surface area contributed by atoms with E-state index in [4.69, 9.17) is 4.74 Å². The highest BCUT2D eigenvalue weighted by Crippen LogP contribution is 2.16. The zero-order valence-electron chi connectivity index (χ0n) is 12.3. The van der Waals surface area contributed by atoms with E-state index in [9.17, 15) is 14.9 Å². The molecule has 21 heavy (non-hydrogen) atoms. The largest absolute Gasteiger partial charge is 0.381 e. The number of carbonyl (C=O) groups excluding carboxylic acids is 1. The van der Waals surface area contributed by atoms with Crippen LogP contribution in [-0.2, 0) is 4.74 Å². The van der Waals surface area contributed by atoms with Crippen molar-refractivity contribution in [2.24, 2.45) is 5.92 Å². The molecule has 0 aromatic heterocycles. The van der Waals surface area contributed by atoms with Crippen LogP contribution in [0.15, 0.2) is 24.3 Å². The summed E-state index contributed by atoms with van der Waals surface area (Å²) in [5.74, 6) is 0.495. The third-order valence-corrected chi connectivity index (χ3v) is 2.52. The molecule has 7 nitrogen and oxygen atoms in total. The first-order valence-corrected chi connectivity index (χ1v) is 6.86. The van der Waals surface area contributed by atoms with Crippen LogP contribution in [-0.4, -0.2) is 30.7 Å². The smallest absolute Gasteiger partial charge is 0.319 e. The predicted molar refractivity (Wildman–Crippen MR) is 80.4 cm³/mol. The number of amides is 2. The van der Waals surface area contributed by atoms with Gasteiger partial charge in [0.15, 0.2) is 0 Å². The molecule has 0 radical (unpaired) electrons. The van der Waals surface area contributed by atoms with Crippen molar-refractivity contribution in [2.75, 3.05) is 25.1 Å². The number of hydrogen-bond acceptors (Lipinski definition) is 4. The Hall–Kier alpha value is -2.15. The SMILES string of the molecule is CC(C)COCCCNC(=O)Nc1cccc([N+](=O)[O-])c1.